The summed E-state index contributed by atoms with van der Waals surface area (Å²) in [6, 6.07) is 27.4. The maximum atomic E-state index is 12.7. The van der Waals surface area contributed by atoms with Gasteiger partial charge in [0.05, 0.1) is 22.1 Å². The Morgan fingerprint density at radius 1 is 0.828 bits per heavy atom. The summed E-state index contributed by atoms with van der Waals surface area (Å²) in [5.74, 6) is -0.105. The molecule has 4 rings (SSSR count). The number of carbonyl (C=O) groups excluding carboxylic acids is 1. The maximum absolute atomic E-state index is 12.7. The van der Waals surface area contributed by atoms with Gasteiger partial charge in [0.25, 0.3) is 5.91 Å². The summed E-state index contributed by atoms with van der Waals surface area (Å²) in [4.78, 5) is 13.5. The van der Waals surface area contributed by atoms with Crippen molar-refractivity contribution in [3.05, 3.63) is 102 Å². The first-order valence-electron chi connectivity index (χ1n) is 9.15. The zero-order chi connectivity index (χ0) is 20.2. The fraction of sp³-hybridized carbons (Fsp3) is 0.0417. The predicted octanol–water partition coefficient (Wildman–Crippen LogP) is 5.11. The summed E-state index contributed by atoms with van der Waals surface area (Å²) in [6.45, 7) is 0. The highest BCUT2D eigenvalue weighted by Crippen LogP contribution is 2.26. The molecular formula is C24H19NO3S. The first-order valence-corrected chi connectivity index (χ1v) is 10.5. The number of hydrogen-bond acceptors (Lipinski definition) is 3. The minimum absolute atomic E-state index is 0.0671. The number of phenolic OH excluding ortho intramolecular Hbond substituents is 1. The molecule has 0 heterocycles. The third-order valence-electron chi connectivity index (χ3n) is 4.60. The van der Waals surface area contributed by atoms with Crippen LogP contribution in [0.2, 0.25) is 0 Å². The van der Waals surface area contributed by atoms with Crippen molar-refractivity contribution in [3.63, 3.8) is 0 Å². The van der Waals surface area contributed by atoms with Gasteiger partial charge in [-0.2, -0.15) is 0 Å². The summed E-state index contributed by atoms with van der Waals surface area (Å²) < 4.78 is 12.5. The Hall–Kier alpha value is -3.44. The van der Waals surface area contributed by atoms with Crippen LogP contribution in [0.25, 0.3) is 10.8 Å². The smallest absolute Gasteiger partial charge is 0.259 e. The molecular weight excluding hydrogens is 382 g/mol. The molecule has 4 aromatic carbocycles. The van der Waals surface area contributed by atoms with Crippen LogP contribution in [0.5, 0.6) is 5.75 Å². The monoisotopic (exact) mass is 401 g/mol. The van der Waals surface area contributed by atoms with Gasteiger partial charge in [0.2, 0.25) is 0 Å². The number of benzene rings is 4. The normalized spacial score (nSPS) is 11.9. The molecule has 4 aromatic rings. The van der Waals surface area contributed by atoms with Crippen LogP contribution in [-0.4, -0.2) is 15.2 Å². The van der Waals surface area contributed by atoms with E-state index in [1.807, 2.05) is 66.7 Å². The SMILES string of the molecule is O=C(Nc1cccc(C[S@@](=O)c2ccccc2)c1)c1cc2ccccc2cc1O. The fourth-order valence-corrected chi connectivity index (χ4v) is 4.26. The van der Waals surface area contributed by atoms with Gasteiger partial charge in [-0.1, -0.05) is 54.6 Å². The average Bonchev–Trinajstić information content (AvgIpc) is 2.74. The lowest BCUT2D eigenvalue weighted by Gasteiger charge is -2.10. The highest BCUT2D eigenvalue weighted by Gasteiger charge is 2.13. The summed E-state index contributed by atoms with van der Waals surface area (Å²) in [7, 11) is -1.16. The number of nitrogens with one attached hydrogen (secondary N) is 1. The van der Waals surface area contributed by atoms with Gasteiger partial charge in [-0.25, -0.2) is 0 Å². The topological polar surface area (TPSA) is 66.4 Å². The lowest BCUT2D eigenvalue weighted by molar-refractivity contribution is 0.102. The molecule has 4 nitrogen and oxygen atoms in total. The second-order valence-corrected chi connectivity index (χ2v) is 8.13. The van der Waals surface area contributed by atoms with Crippen molar-refractivity contribution >= 4 is 33.2 Å². The molecule has 0 fully saturated rings. The molecule has 0 unspecified atom stereocenters. The lowest BCUT2D eigenvalue weighted by Crippen LogP contribution is -2.12. The Morgan fingerprint density at radius 2 is 1.52 bits per heavy atom. The van der Waals surface area contributed by atoms with Crippen LogP contribution in [-0.2, 0) is 16.6 Å². The fourth-order valence-electron chi connectivity index (χ4n) is 3.15. The van der Waals surface area contributed by atoms with Gasteiger partial charge in [0, 0.05) is 10.6 Å². The molecule has 0 saturated carbocycles. The van der Waals surface area contributed by atoms with Crippen molar-refractivity contribution in [1.82, 2.24) is 0 Å². The van der Waals surface area contributed by atoms with E-state index in [2.05, 4.69) is 5.32 Å². The number of carbonyl (C=O) groups is 1. The van der Waals surface area contributed by atoms with E-state index in [4.69, 9.17) is 0 Å². The van der Waals surface area contributed by atoms with Gasteiger partial charge >= 0.3 is 0 Å². The van der Waals surface area contributed by atoms with Gasteiger partial charge in [-0.3, -0.25) is 9.00 Å². The first-order chi connectivity index (χ1) is 14.1. The highest BCUT2D eigenvalue weighted by molar-refractivity contribution is 7.84. The van der Waals surface area contributed by atoms with Crippen LogP contribution in [0.4, 0.5) is 5.69 Å². The molecule has 0 aromatic heterocycles. The number of phenols is 1. The minimum atomic E-state index is -1.16. The molecule has 1 atom stereocenters. The number of hydrogen-bond donors (Lipinski definition) is 2. The zero-order valence-electron chi connectivity index (χ0n) is 15.5. The Kier molecular flexibility index (Phi) is 5.40. The number of fused-ring (bicyclic) bond motifs is 1. The van der Waals surface area contributed by atoms with E-state index >= 15 is 0 Å². The average molecular weight is 401 g/mol. The summed E-state index contributed by atoms with van der Waals surface area (Å²) in [5.41, 5.74) is 1.65. The Morgan fingerprint density at radius 3 is 2.28 bits per heavy atom. The van der Waals surface area contributed by atoms with Gasteiger partial charge in [-0.15, -0.1) is 0 Å². The van der Waals surface area contributed by atoms with Crippen LogP contribution in [0, 0.1) is 0 Å². The number of anilines is 1. The quantitative estimate of drug-likeness (QED) is 0.489. The van der Waals surface area contributed by atoms with E-state index in [9.17, 15) is 14.1 Å². The standard InChI is InChI=1S/C24H19NO3S/c26-23-15-19-9-5-4-8-18(19)14-22(23)24(27)25-20-10-6-7-17(13-20)16-29(28)21-11-2-1-3-12-21/h1-15,26H,16H2,(H,25,27)/t29-/m1/s1. The molecule has 0 bridgehead atoms. The van der Waals surface area contributed by atoms with E-state index < -0.39 is 16.7 Å². The van der Waals surface area contributed by atoms with Gasteiger partial charge in [-0.05, 0) is 52.7 Å². The first kappa shape index (κ1) is 18.9. The molecule has 5 heteroatoms. The van der Waals surface area contributed by atoms with E-state index in [0.717, 1.165) is 21.2 Å². The van der Waals surface area contributed by atoms with Crippen molar-refractivity contribution < 1.29 is 14.1 Å². The molecule has 0 radical (unpaired) electrons. The number of rotatable bonds is 5. The maximum Gasteiger partial charge on any atom is 0.259 e. The van der Waals surface area contributed by atoms with E-state index in [0.29, 0.717) is 11.4 Å². The minimum Gasteiger partial charge on any atom is -0.507 e. The van der Waals surface area contributed by atoms with Crippen molar-refractivity contribution in [3.8, 4) is 5.75 Å². The molecule has 0 saturated heterocycles. The molecule has 0 aliphatic rings. The van der Waals surface area contributed by atoms with Crippen molar-refractivity contribution in [1.29, 1.82) is 0 Å². The summed E-state index contributed by atoms with van der Waals surface area (Å²) in [6.07, 6.45) is 0. The second kappa shape index (κ2) is 8.29. The van der Waals surface area contributed by atoms with Crippen LogP contribution in [0.15, 0.2) is 95.9 Å². The van der Waals surface area contributed by atoms with E-state index in [1.165, 1.54) is 0 Å². The largest absolute Gasteiger partial charge is 0.507 e. The van der Waals surface area contributed by atoms with E-state index in [-0.39, 0.29) is 11.3 Å². The molecule has 0 aliphatic heterocycles. The predicted molar refractivity (Wildman–Crippen MR) is 117 cm³/mol. The third-order valence-corrected chi connectivity index (χ3v) is 5.99. The van der Waals surface area contributed by atoms with Crippen molar-refractivity contribution in [2.45, 2.75) is 10.6 Å². The molecule has 0 spiro atoms. The highest BCUT2D eigenvalue weighted by atomic mass is 32.2. The Labute approximate surface area is 171 Å². The summed E-state index contributed by atoms with van der Waals surface area (Å²) in [5, 5.41) is 14.8. The van der Waals surface area contributed by atoms with Crippen LogP contribution < -0.4 is 5.32 Å². The van der Waals surface area contributed by atoms with Crippen molar-refractivity contribution in [2.24, 2.45) is 0 Å². The lowest BCUT2D eigenvalue weighted by atomic mass is 10.1. The van der Waals surface area contributed by atoms with Crippen LogP contribution in [0.3, 0.4) is 0 Å². The molecule has 29 heavy (non-hydrogen) atoms. The van der Waals surface area contributed by atoms with Crippen LogP contribution >= 0.6 is 0 Å². The van der Waals surface area contributed by atoms with Crippen LogP contribution in [0.1, 0.15) is 15.9 Å². The second-order valence-electron chi connectivity index (χ2n) is 6.67. The zero-order valence-corrected chi connectivity index (χ0v) is 16.4. The summed E-state index contributed by atoms with van der Waals surface area (Å²) >= 11 is 0. The van der Waals surface area contributed by atoms with Gasteiger partial charge < -0.3 is 10.4 Å². The van der Waals surface area contributed by atoms with Gasteiger partial charge in [0.1, 0.15) is 5.75 Å². The molecule has 144 valence electrons. The van der Waals surface area contributed by atoms with Crippen molar-refractivity contribution in [2.75, 3.05) is 5.32 Å². The Bertz CT molecular complexity index is 1210. The Balaban J connectivity index is 1.53. The molecule has 0 aliphatic carbocycles. The molecule has 2 N–H and O–H groups in total. The number of aromatic hydroxyl groups is 1. The van der Waals surface area contributed by atoms with Gasteiger partial charge in [0.15, 0.2) is 0 Å². The third kappa shape index (κ3) is 4.36. The molecule has 1 amide bonds. The number of amides is 1. The van der Waals surface area contributed by atoms with E-state index in [1.54, 1.807) is 24.3 Å².